The summed E-state index contributed by atoms with van der Waals surface area (Å²) in [7, 11) is 1.59. The number of nitrogens with zero attached hydrogens (tertiary/aromatic N) is 7. The number of aliphatic hydroxyl groups is 1. The van der Waals surface area contributed by atoms with Crippen molar-refractivity contribution in [1.29, 1.82) is 5.26 Å². The van der Waals surface area contributed by atoms with E-state index in [1.807, 2.05) is 19.1 Å². The zero-order valence-electron chi connectivity index (χ0n) is 27.0. The number of benzene rings is 1. The second-order valence-electron chi connectivity index (χ2n) is 12.2. The third kappa shape index (κ3) is 6.96. The first-order valence-electron chi connectivity index (χ1n) is 15.9. The van der Waals surface area contributed by atoms with Crippen molar-refractivity contribution < 1.29 is 32.9 Å². The smallest absolute Gasteiger partial charge is 0.331 e. The molecular weight excluding hydrogens is 626 g/mol. The van der Waals surface area contributed by atoms with Gasteiger partial charge in [-0.3, -0.25) is 14.6 Å². The maximum absolute atomic E-state index is 14.7. The third-order valence-corrected chi connectivity index (χ3v) is 8.87. The predicted molar refractivity (Wildman–Crippen MR) is 171 cm³/mol. The van der Waals surface area contributed by atoms with E-state index in [1.165, 1.54) is 0 Å². The number of hydrogen-bond acceptors (Lipinski definition) is 12. The number of piperidine rings is 1. The quantitative estimate of drug-likeness (QED) is 0.323. The van der Waals surface area contributed by atoms with Gasteiger partial charge in [0.05, 0.1) is 44.0 Å². The van der Waals surface area contributed by atoms with E-state index in [0.717, 1.165) is 57.6 Å². The Bertz CT molecular complexity index is 1690. The summed E-state index contributed by atoms with van der Waals surface area (Å²) in [5.41, 5.74) is 2.98. The van der Waals surface area contributed by atoms with Gasteiger partial charge >= 0.3 is 6.05 Å². The first-order valence-corrected chi connectivity index (χ1v) is 15.9. The van der Waals surface area contributed by atoms with Crippen molar-refractivity contribution in [2.45, 2.75) is 51.0 Å². The average Bonchev–Trinajstić information content (AvgIpc) is 3.05. The Balaban J connectivity index is 1.14. The lowest BCUT2D eigenvalue weighted by Crippen LogP contribution is -2.56. The van der Waals surface area contributed by atoms with E-state index in [1.54, 1.807) is 31.5 Å². The molecule has 3 aromatic rings. The Morgan fingerprint density at radius 2 is 1.94 bits per heavy atom. The van der Waals surface area contributed by atoms with Gasteiger partial charge in [-0.2, -0.15) is 19.0 Å². The molecule has 5 heterocycles. The minimum atomic E-state index is -3.49. The predicted octanol–water partition coefficient (Wildman–Crippen LogP) is 3.34. The summed E-state index contributed by atoms with van der Waals surface area (Å²) in [6.45, 7) is 7.92. The molecule has 1 aromatic carbocycles. The van der Waals surface area contributed by atoms with Gasteiger partial charge in [0.1, 0.15) is 35.5 Å². The van der Waals surface area contributed by atoms with Crippen LogP contribution in [0.4, 0.5) is 26.2 Å². The molecule has 2 atom stereocenters. The van der Waals surface area contributed by atoms with Crippen LogP contribution in [0.1, 0.15) is 30.9 Å². The summed E-state index contributed by atoms with van der Waals surface area (Å²) in [5, 5.41) is 22.5. The molecule has 0 spiro atoms. The molecule has 254 valence electrons. The van der Waals surface area contributed by atoms with Gasteiger partial charge in [-0.1, -0.05) is 0 Å². The molecular formula is C33H38F2N8O5. The van der Waals surface area contributed by atoms with E-state index < -0.39 is 30.6 Å². The van der Waals surface area contributed by atoms with Crippen molar-refractivity contribution in [1.82, 2.24) is 24.8 Å². The molecule has 1 amide bonds. The molecule has 3 fully saturated rings. The SMILES string of the molecule is COc1nc(Nc2ncc(C)c(-c3ccc(OC4CCN(C(=O)[C@H](C)O)C(F)(F)C4)c(C#N)c3)n2)ccc1N1CCN(C2COC2)CC1. The van der Waals surface area contributed by atoms with E-state index in [0.29, 0.717) is 33.9 Å². The molecule has 6 rings (SSSR count). The number of rotatable bonds is 9. The van der Waals surface area contributed by atoms with Crippen LogP contribution in [0, 0.1) is 18.3 Å². The number of alkyl halides is 2. The van der Waals surface area contributed by atoms with Crippen LogP contribution in [0.2, 0.25) is 0 Å². The van der Waals surface area contributed by atoms with Crippen molar-refractivity contribution in [3.63, 3.8) is 0 Å². The Hall–Kier alpha value is -4.65. The van der Waals surface area contributed by atoms with Crippen molar-refractivity contribution >= 4 is 23.4 Å². The van der Waals surface area contributed by atoms with Crippen LogP contribution in [0.5, 0.6) is 11.6 Å². The fraction of sp³-hybridized carbons (Fsp3) is 0.485. The summed E-state index contributed by atoms with van der Waals surface area (Å²) in [6, 6.07) is 7.76. The monoisotopic (exact) mass is 664 g/mol. The van der Waals surface area contributed by atoms with E-state index in [-0.39, 0.29) is 30.2 Å². The number of carbonyl (C=O) groups excluding carboxylic acids is 1. The van der Waals surface area contributed by atoms with Crippen molar-refractivity contribution in [2.75, 3.05) is 63.3 Å². The maximum Gasteiger partial charge on any atom is 0.331 e. The van der Waals surface area contributed by atoms with Crippen LogP contribution in [0.15, 0.2) is 36.5 Å². The van der Waals surface area contributed by atoms with Gasteiger partial charge < -0.3 is 29.5 Å². The first-order chi connectivity index (χ1) is 23.1. The second-order valence-corrected chi connectivity index (χ2v) is 12.2. The highest BCUT2D eigenvalue weighted by atomic mass is 19.3. The summed E-state index contributed by atoms with van der Waals surface area (Å²) in [5.74, 6) is 0.382. The number of methoxy groups -OCH3 is 1. The van der Waals surface area contributed by atoms with Gasteiger partial charge in [-0.05, 0) is 49.7 Å². The molecule has 15 heteroatoms. The van der Waals surface area contributed by atoms with Gasteiger partial charge in [0.2, 0.25) is 11.8 Å². The lowest BCUT2D eigenvalue weighted by molar-refractivity contribution is -0.202. The second kappa shape index (κ2) is 13.8. The number of hydrogen-bond donors (Lipinski definition) is 2. The molecule has 3 saturated heterocycles. The number of amides is 1. The number of aryl methyl sites for hydroxylation is 1. The fourth-order valence-corrected chi connectivity index (χ4v) is 6.13. The molecule has 0 bridgehead atoms. The van der Waals surface area contributed by atoms with Crippen LogP contribution >= 0.6 is 0 Å². The Morgan fingerprint density at radius 3 is 2.58 bits per heavy atom. The first kappa shape index (κ1) is 33.3. The zero-order valence-corrected chi connectivity index (χ0v) is 27.0. The number of anilines is 3. The average molecular weight is 665 g/mol. The van der Waals surface area contributed by atoms with Crippen LogP contribution in [0.25, 0.3) is 11.3 Å². The summed E-state index contributed by atoms with van der Waals surface area (Å²) >= 11 is 0. The van der Waals surface area contributed by atoms with E-state index in [4.69, 9.17) is 14.2 Å². The number of piperazine rings is 1. The lowest BCUT2D eigenvalue weighted by atomic mass is 10.0. The van der Waals surface area contributed by atoms with Crippen LogP contribution in [-0.2, 0) is 9.53 Å². The van der Waals surface area contributed by atoms with E-state index in [9.17, 15) is 23.9 Å². The topological polar surface area (TPSA) is 149 Å². The van der Waals surface area contributed by atoms with Gasteiger partial charge in [0, 0.05) is 50.9 Å². The normalized spacial score (nSPS) is 20.4. The van der Waals surface area contributed by atoms with Crippen molar-refractivity contribution in [3.8, 4) is 29.0 Å². The number of aromatic nitrogens is 3. The van der Waals surface area contributed by atoms with Gasteiger partial charge in [0.15, 0.2) is 0 Å². The molecule has 3 aliphatic rings. The highest BCUT2D eigenvalue weighted by Gasteiger charge is 2.47. The lowest BCUT2D eigenvalue weighted by Gasteiger charge is -2.43. The highest BCUT2D eigenvalue weighted by Crippen LogP contribution is 2.36. The van der Waals surface area contributed by atoms with Crippen molar-refractivity contribution in [3.05, 3.63) is 47.7 Å². The van der Waals surface area contributed by atoms with Crippen molar-refractivity contribution in [2.24, 2.45) is 0 Å². The highest BCUT2D eigenvalue weighted by molar-refractivity contribution is 5.80. The molecule has 48 heavy (non-hydrogen) atoms. The summed E-state index contributed by atoms with van der Waals surface area (Å²) < 4.78 is 46.3. The van der Waals surface area contributed by atoms with Crippen LogP contribution < -0.4 is 19.7 Å². The maximum atomic E-state index is 14.7. The number of nitrogens with one attached hydrogen (secondary N) is 1. The molecule has 13 nitrogen and oxygen atoms in total. The number of aliphatic hydroxyl groups excluding tert-OH is 1. The standard InChI is InChI=1S/C33H38F2N8O5/c1-20-17-37-32(39-28-7-5-26(30(38-28)46-3)42-12-10-41(11-13-42)24-18-47-19-24)40-29(20)22-4-6-27(23(14-22)16-36)48-25-8-9-43(31(45)21(2)44)33(34,35)15-25/h4-7,14,17,21,24-25,44H,8-13,15,18-19H2,1-3H3,(H,37,38,39,40)/t21-,25?/m0/s1. The van der Waals surface area contributed by atoms with E-state index in [2.05, 4.69) is 36.1 Å². The number of pyridine rings is 1. The molecule has 0 saturated carbocycles. The molecule has 0 radical (unpaired) electrons. The number of ether oxygens (including phenoxy) is 3. The Labute approximate surface area is 277 Å². The fourth-order valence-electron chi connectivity index (χ4n) is 6.13. The van der Waals surface area contributed by atoms with E-state index >= 15 is 0 Å². The van der Waals surface area contributed by atoms with Crippen LogP contribution in [-0.4, -0.2) is 113 Å². The largest absolute Gasteiger partial charge is 0.489 e. The number of nitriles is 1. The number of carbonyl (C=O) groups is 1. The summed E-state index contributed by atoms with van der Waals surface area (Å²) in [6.07, 6.45) is -1.45. The van der Waals surface area contributed by atoms with Crippen LogP contribution in [0.3, 0.4) is 0 Å². The Morgan fingerprint density at radius 1 is 1.17 bits per heavy atom. The van der Waals surface area contributed by atoms with Gasteiger partial charge in [-0.15, -0.1) is 0 Å². The minimum Gasteiger partial charge on any atom is -0.489 e. The van der Waals surface area contributed by atoms with Gasteiger partial charge in [0.25, 0.3) is 5.91 Å². The number of halogens is 2. The van der Waals surface area contributed by atoms with Gasteiger partial charge in [-0.25, -0.2) is 9.97 Å². The minimum absolute atomic E-state index is 0.118. The molecule has 2 aromatic heterocycles. The third-order valence-electron chi connectivity index (χ3n) is 8.87. The Kier molecular flexibility index (Phi) is 9.58. The summed E-state index contributed by atoms with van der Waals surface area (Å²) in [4.78, 5) is 30.9. The zero-order chi connectivity index (χ0) is 34.0. The molecule has 3 aliphatic heterocycles. The number of likely N-dealkylation sites (tertiary alicyclic amines) is 1. The molecule has 2 N–H and O–H groups in total. The molecule has 1 unspecified atom stereocenters. The molecule has 0 aliphatic carbocycles.